The van der Waals surface area contributed by atoms with E-state index >= 15 is 0 Å². The number of nitrogens with one attached hydrogen (secondary N) is 1. The molecule has 1 aliphatic heterocycles. The van der Waals surface area contributed by atoms with E-state index < -0.39 is 15.9 Å². The number of amides is 1. The molecule has 0 bridgehead atoms. The quantitative estimate of drug-likeness (QED) is 0.664. The average Bonchev–Trinajstić information content (AvgIpc) is 3.19. The third-order valence-electron chi connectivity index (χ3n) is 5.32. The van der Waals surface area contributed by atoms with E-state index in [9.17, 15) is 18.0 Å². The number of hydrogen-bond donors (Lipinski definition) is 1. The van der Waals surface area contributed by atoms with Gasteiger partial charge in [0.05, 0.1) is 10.3 Å². The maximum atomic E-state index is 13.1. The monoisotopic (exact) mass is 446 g/mol. The minimum atomic E-state index is -3.70. The van der Waals surface area contributed by atoms with Gasteiger partial charge in [-0.1, -0.05) is 12.5 Å². The molecule has 1 amide bonds. The lowest BCUT2D eigenvalue weighted by molar-refractivity contribution is 0.101. The summed E-state index contributed by atoms with van der Waals surface area (Å²) in [7, 11) is -3.70. The lowest BCUT2D eigenvalue weighted by Crippen LogP contribution is -2.42. The van der Waals surface area contributed by atoms with E-state index in [0.29, 0.717) is 22.6 Å². The number of benzene rings is 1. The molecule has 1 N–H and O–H groups in total. The number of piperidine rings is 1. The Morgan fingerprint density at radius 3 is 2.83 bits per heavy atom. The van der Waals surface area contributed by atoms with E-state index in [4.69, 9.17) is 0 Å². The molecule has 30 heavy (non-hydrogen) atoms. The summed E-state index contributed by atoms with van der Waals surface area (Å²) in [5.74, 6) is -0.241. The first-order chi connectivity index (χ1) is 14.3. The topological polar surface area (TPSA) is 101 Å². The van der Waals surface area contributed by atoms with Crippen molar-refractivity contribution in [3.05, 3.63) is 57.5 Å². The molecule has 4 rings (SSSR count). The number of carbonyl (C=O) groups is 1. The van der Waals surface area contributed by atoms with Crippen LogP contribution in [-0.4, -0.2) is 40.9 Å². The highest BCUT2D eigenvalue weighted by Crippen LogP contribution is 2.25. The van der Waals surface area contributed by atoms with E-state index in [1.165, 1.54) is 39.9 Å². The smallest absolute Gasteiger partial charge is 0.267 e. The molecule has 0 spiro atoms. The van der Waals surface area contributed by atoms with E-state index in [-0.39, 0.29) is 22.1 Å². The first-order valence-corrected chi connectivity index (χ1v) is 12.0. The predicted octanol–water partition coefficient (Wildman–Crippen LogP) is 2.71. The Hall–Kier alpha value is -2.56. The maximum absolute atomic E-state index is 13.1. The van der Waals surface area contributed by atoms with E-state index in [1.54, 1.807) is 18.4 Å². The summed E-state index contributed by atoms with van der Waals surface area (Å²) in [5.41, 5.74) is 2.32. The highest BCUT2D eigenvalue weighted by molar-refractivity contribution is 7.89. The summed E-state index contributed by atoms with van der Waals surface area (Å²) in [4.78, 5) is 30.5. The van der Waals surface area contributed by atoms with Crippen LogP contribution in [0.3, 0.4) is 0 Å². The van der Waals surface area contributed by atoms with Crippen LogP contribution >= 0.6 is 11.3 Å². The van der Waals surface area contributed by atoms with E-state index in [1.807, 2.05) is 6.92 Å². The number of fused-ring (bicyclic) bond motifs is 1. The van der Waals surface area contributed by atoms with Crippen LogP contribution in [0.2, 0.25) is 0 Å². The summed E-state index contributed by atoms with van der Waals surface area (Å²) in [6.07, 6.45) is 2.65. The predicted molar refractivity (Wildman–Crippen MR) is 116 cm³/mol. The number of aryl methyl sites for hydroxylation is 1. The molecular formula is C20H22N4O4S2. The van der Waals surface area contributed by atoms with Crippen LogP contribution in [0, 0.1) is 6.92 Å². The molecule has 1 atom stereocenters. The van der Waals surface area contributed by atoms with Gasteiger partial charge in [0, 0.05) is 18.2 Å². The second-order valence-corrected chi connectivity index (χ2v) is 10.2. The summed E-state index contributed by atoms with van der Waals surface area (Å²) < 4.78 is 28.8. The molecule has 10 heteroatoms. The Morgan fingerprint density at radius 1 is 1.27 bits per heavy atom. The molecule has 0 saturated carbocycles. The van der Waals surface area contributed by atoms with Crippen molar-refractivity contribution in [3.63, 3.8) is 0 Å². The molecule has 3 heterocycles. The summed E-state index contributed by atoms with van der Waals surface area (Å²) in [5, 5.41) is 2.18. The van der Waals surface area contributed by atoms with Gasteiger partial charge in [0.15, 0.2) is 0 Å². The van der Waals surface area contributed by atoms with Gasteiger partial charge in [-0.2, -0.15) is 4.31 Å². The number of nitrogens with zero attached hydrogens (tertiary/aromatic N) is 3. The SMILES string of the molecule is Cc1nc2sccc2c(=O)n1NC(=O)c1cccc(S(=O)(=O)N2CCCCC2C)c1. The van der Waals surface area contributed by atoms with Gasteiger partial charge in [-0.25, -0.2) is 18.1 Å². The molecule has 1 aliphatic rings. The van der Waals surface area contributed by atoms with Gasteiger partial charge < -0.3 is 0 Å². The van der Waals surface area contributed by atoms with Gasteiger partial charge >= 0.3 is 0 Å². The number of sulfonamides is 1. The van der Waals surface area contributed by atoms with Crippen molar-refractivity contribution in [2.75, 3.05) is 12.0 Å². The van der Waals surface area contributed by atoms with Gasteiger partial charge in [-0.15, -0.1) is 11.3 Å². The molecule has 1 aromatic carbocycles. The second-order valence-electron chi connectivity index (χ2n) is 7.37. The highest BCUT2D eigenvalue weighted by Gasteiger charge is 2.31. The van der Waals surface area contributed by atoms with Crippen molar-refractivity contribution in [1.29, 1.82) is 0 Å². The zero-order valence-electron chi connectivity index (χ0n) is 16.7. The first kappa shape index (κ1) is 20.7. The lowest BCUT2D eigenvalue weighted by Gasteiger charge is -2.32. The van der Waals surface area contributed by atoms with Crippen molar-refractivity contribution in [2.45, 2.75) is 44.0 Å². The van der Waals surface area contributed by atoms with Gasteiger partial charge in [0.2, 0.25) is 10.0 Å². The summed E-state index contributed by atoms with van der Waals surface area (Å²) in [6.45, 7) is 4.00. The zero-order chi connectivity index (χ0) is 21.5. The van der Waals surface area contributed by atoms with Crippen molar-refractivity contribution in [3.8, 4) is 0 Å². The second kappa shape index (κ2) is 7.93. The van der Waals surface area contributed by atoms with Crippen LogP contribution in [0.4, 0.5) is 0 Å². The van der Waals surface area contributed by atoms with Crippen molar-refractivity contribution >= 4 is 37.5 Å². The molecule has 0 radical (unpaired) electrons. The fourth-order valence-corrected chi connectivity index (χ4v) is 6.22. The summed E-state index contributed by atoms with van der Waals surface area (Å²) >= 11 is 1.35. The molecular weight excluding hydrogens is 424 g/mol. The van der Waals surface area contributed by atoms with Crippen LogP contribution in [0.15, 0.2) is 45.4 Å². The van der Waals surface area contributed by atoms with Gasteiger partial charge in [0.1, 0.15) is 10.7 Å². The number of rotatable bonds is 4. The normalized spacial score (nSPS) is 17.9. The Kier molecular flexibility index (Phi) is 5.48. The van der Waals surface area contributed by atoms with Crippen molar-refractivity contribution in [2.24, 2.45) is 0 Å². The number of carbonyl (C=O) groups excluding carboxylic acids is 1. The van der Waals surface area contributed by atoms with E-state index in [2.05, 4.69) is 10.4 Å². The molecule has 1 saturated heterocycles. The van der Waals surface area contributed by atoms with Crippen LogP contribution in [0.5, 0.6) is 0 Å². The van der Waals surface area contributed by atoms with Gasteiger partial charge in [0.25, 0.3) is 11.5 Å². The van der Waals surface area contributed by atoms with Crippen LogP contribution in [0.1, 0.15) is 42.4 Å². The van der Waals surface area contributed by atoms with Crippen LogP contribution < -0.4 is 11.0 Å². The molecule has 1 fully saturated rings. The van der Waals surface area contributed by atoms with Crippen molar-refractivity contribution < 1.29 is 13.2 Å². The Bertz CT molecular complexity index is 1280. The van der Waals surface area contributed by atoms with Crippen LogP contribution in [-0.2, 0) is 10.0 Å². The van der Waals surface area contributed by atoms with Gasteiger partial charge in [-0.05, 0) is 56.3 Å². The molecule has 3 aromatic rings. The zero-order valence-corrected chi connectivity index (χ0v) is 18.3. The molecule has 158 valence electrons. The number of hydrogen-bond acceptors (Lipinski definition) is 6. The minimum Gasteiger partial charge on any atom is -0.267 e. The highest BCUT2D eigenvalue weighted by atomic mass is 32.2. The average molecular weight is 447 g/mol. The van der Waals surface area contributed by atoms with Crippen molar-refractivity contribution in [1.82, 2.24) is 14.0 Å². The third-order valence-corrected chi connectivity index (χ3v) is 8.14. The fourth-order valence-electron chi connectivity index (χ4n) is 3.67. The molecule has 1 unspecified atom stereocenters. The molecule has 0 aliphatic carbocycles. The van der Waals surface area contributed by atoms with E-state index in [0.717, 1.165) is 23.9 Å². The largest absolute Gasteiger partial charge is 0.281 e. The maximum Gasteiger partial charge on any atom is 0.281 e. The first-order valence-electron chi connectivity index (χ1n) is 9.69. The Labute approximate surface area is 178 Å². The lowest BCUT2D eigenvalue weighted by atomic mass is 10.1. The Balaban J connectivity index is 1.64. The van der Waals surface area contributed by atoms with Crippen LogP contribution in [0.25, 0.3) is 10.2 Å². The third kappa shape index (κ3) is 3.66. The standard InChI is InChI=1S/C20H22N4O4S2/c1-13-6-3-4-10-23(13)30(27,28)16-8-5-7-15(12-16)18(25)22-24-14(2)21-19-17(20(24)26)9-11-29-19/h5,7-9,11-13H,3-4,6,10H2,1-2H3,(H,22,25). The number of aromatic nitrogens is 2. The molecule has 2 aromatic heterocycles. The summed E-state index contributed by atoms with van der Waals surface area (Å²) in [6, 6.07) is 7.47. The van der Waals surface area contributed by atoms with Gasteiger partial charge in [-0.3, -0.25) is 15.0 Å². The number of thiophene rings is 1. The minimum absolute atomic E-state index is 0.0689. The molecule has 8 nitrogen and oxygen atoms in total. The fraction of sp³-hybridized carbons (Fsp3) is 0.350. The Morgan fingerprint density at radius 2 is 2.07 bits per heavy atom.